The molecule has 180 valence electrons. The summed E-state index contributed by atoms with van der Waals surface area (Å²) in [6.45, 7) is 3.57. The Hall–Kier alpha value is -1.72. The molecule has 35 heavy (non-hydrogen) atoms. The van der Waals surface area contributed by atoms with Crippen molar-refractivity contribution in [3.63, 3.8) is 0 Å². The van der Waals surface area contributed by atoms with Gasteiger partial charge in [0.2, 0.25) is 0 Å². The molecule has 4 rings (SSSR count). The molecule has 0 radical (unpaired) electrons. The summed E-state index contributed by atoms with van der Waals surface area (Å²) in [5.41, 5.74) is 4.56. The summed E-state index contributed by atoms with van der Waals surface area (Å²) in [5, 5.41) is 11.0. The molecule has 2 atom stereocenters. The number of hydrogen-bond donors (Lipinski definition) is 0. The summed E-state index contributed by atoms with van der Waals surface area (Å²) < 4.78 is 17.3. The van der Waals surface area contributed by atoms with Crippen molar-refractivity contribution in [3.05, 3.63) is 71.3 Å². The van der Waals surface area contributed by atoms with E-state index in [4.69, 9.17) is 14.2 Å². The average Bonchev–Trinajstić information content (AvgIpc) is 3.38. The summed E-state index contributed by atoms with van der Waals surface area (Å²) in [5.74, 6) is 5.42. The van der Waals surface area contributed by atoms with E-state index in [1.165, 1.54) is 11.1 Å². The first kappa shape index (κ1) is 29.5. The molecule has 0 N–H and O–H groups in total. The van der Waals surface area contributed by atoms with Gasteiger partial charge in [-0.2, -0.15) is 13.5 Å². The zero-order chi connectivity index (χ0) is 23.0. The van der Waals surface area contributed by atoms with Gasteiger partial charge in [-0.1, -0.05) is 42.3 Å². The van der Waals surface area contributed by atoms with Gasteiger partial charge in [-0.25, -0.2) is 0 Å². The van der Waals surface area contributed by atoms with Gasteiger partial charge in [0.25, 0.3) is 0 Å². The minimum absolute atomic E-state index is 0. The Bertz CT molecular complexity index is 1050. The van der Waals surface area contributed by atoms with Crippen LogP contribution in [0.3, 0.4) is 0 Å². The SMILES string of the molecule is CC#C[C@@H](CC(=O)[O-])c1ccc(OCc2cccc(C3=CCC(C4OCCO4)CC3)c2)cc1.S.[Na+]. The van der Waals surface area contributed by atoms with Crippen molar-refractivity contribution in [2.45, 2.75) is 51.4 Å². The Morgan fingerprint density at radius 3 is 2.54 bits per heavy atom. The first-order valence-corrected chi connectivity index (χ1v) is 11.5. The predicted molar refractivity (Wildman–Crippen MR) is 134 cm³/mol. The summed E-state index contributed by atoms with van der Waals surface area (Å²) in [6, 6.07) is 15.9. The van der Waals surface area contributed by atoms with Crippen LogP contribution in [0.1, 0.15) is 55.2 Å². The topological polar surface area (TPSA) is 67.8 Å². The molecule has 1 saturated heterocycles. The van der Waals surface area contributed by atoms with E-state index in [1.807, 2.05) is 24.3 Å². The fraction of sp³-hybridized carbons (Fsp3) is 0.393. The quantitative estimate of drug-likeness (QED) is 0.401. The van der Waals surface area contributed by atoms with Crippen LogP contribution < -0.4 is 39.4 Å². The van der Waals surface area contributed by atoms with Gasteiger partial charge in [-0.05, 0) is 66.6 Å². The van der Waals surface area contributed by atoms with Crippen molar-refractivity contribution in [2.24, 2.45) is 5.92 Å². The van der Waals surface area contributed by atoms with Gasteiger partial charge in [0, 0.05) is 18.3 Å². The number of ether oxygens (including phenoxy) is 3. The average molecular weight is 503 g/mol. The molecule has 5 nitrogen and oxygen atoms in total. The second-order valence-electron chi connectivity index (χ2n) is 8.45. The number of carboxylic acid groups (broad SMARTS) is 1. The first-order valence-electron chi connectivity index (χ1n) is 11.5. The maximum atomic E-state index is 11.0. The monoisotopic (exact) mass is 502 g/mol. The molecule has 0 aromatic heterocycles. The smallest absolute Gasteiger partial charge is 0.550 e. The number of carbonyl (C=O) groups is 1. The molecule has 2 aliphatic rings. The van der Waals surface area contributed by atoms with E-state index in [0.717, 1.165) is 36.1 Å². The molecule has 0 saturated carbocycles. The van der Waals surface area contributed by atoms with Crippen LogP contribution in [-0.2, 0) is 20.9 Å². The summed E-state index contributed by atoms with van der Waals surface area (Å²) in [4.78, 5) is 11.0. The Morgan fingerprint density at radius 1 is 1.17 bits per heavy atom. The number of hydrogen-bond acceptors (Lipinski definition) is 5. The van der Waals surface area contributed by atoms with Crippen molar-refractivity contribution in [1.82, 2.24) is 0 Å². The number of carbonyl (C=O) groups excluding carboxylic acids is 1. The molecule has 2 aromatic carbocycles. The third-order valence-corrected chi connectivity index (χ3v) is 6.16. The second-order valence-corrected chi connectivity index (χ2v) is 8.45. The standard InChI is InChI=1S/C28H30O5.Na.H2S/c1-2-4-24(18-27(29)30)22-11-13-26(14-12-22)33-19-20-5-3-6-25(17-20)21-7-9-23(10-8-21)28-31-15-16-32-28;;/h3,5-7,11-14,17,23-24,28H,8-10,15-16,18-19H2,1H3,(H,29,30);;1H2/q;+1;/p-1/t23?,24-;;/m0../s1. The third kappa shape index (κ3) is 8.42. The Labute approximate surface area is 237 Å². The predicted octanol–water partition coefficient (Wildman–Crippen LogP) is 1.19. The molecule has 1 unspecified atom stereocenters. The van der Waals surface area contributed by atoms with Crippen LogP contribution in [0.2, 0.25) is 0 Å². The molecule has 0 bridgehead atoms. The van der Waals surface area contributed by atoms with E-state index in [9.17, 15) is 9.90 Å². The summed E-state index contributed by atoms with van der Waals surface area (Å²) in [6.07, 6.45) is 5.23. The Morgan fingerprint density at radius 2 is 1.91 bits per heavy atom. The maximum absolute atomic E-state index is 11.0. The van der Waals surface area contributed by atoms with Crippen LogP contribution in [0.15, 0.2) is 54.6 Å². The zero-order valence-electron chi connectivity index (χ0n) is 20.4. The van der Waals surface area contributed by atoms with E-state index in [2.05, 4.69) is 42.2 Å². The van der Waals surface area contributed by atoms with E-state index in [-0.39, 0.29) is 61.7 Å². The number of carboxylic acids is 1. The maximum Gasteiger partial charge on any atom is 1.00 e. The number of benzene rings is 2. The van der Waals surface area contributed by atoms with Crippen molar-refractivity contribution in [2.75, 3.05) is 13.2 Å². The summed E-state index contributed by atoms with van der Waals surface area (Å²) in [7, 11) is 0. The minimum atomic E-state index is -1.10. The van der Waals surface area contributed by atoms with Gasteiger partial charge < -0.3 is 24.1 Å². The number of aliphatic carboxylic acids is 1. The molecule has 1 aliphatic carbocycles. The minimum Gasteiger partial charge on any atom is -0.550 e. The molecule has 7 heteroatoms. The molecular weight excluding hydrogens is 471 g/mol. The molecule has 1 heterocycles. The fourth-order valence-corrected chi connectivity index (χ4v) is 4.43. The Kier molecular flexibility index (Phi) is 12.4. The van der Waals surface area contributed by atoms with Gasteiger partial charge in [0.1, 0.15) is 12.4 Å². The summed E-state index contributed by atoms with van der Waals surface area (Å²) >= 11 is 0. The molecule has 0 spiro atoms. The normalized spacial score (nSPS) is 18.2. The van der Waals surface area contributed by atoms with E-state index < -0.39 is 5.97 Å². The van der Waals surface area contributed by atoms with Crippen LogP contribution >= 0.6 is 13.5 Å². The molecule has 1 aliphatic heterocycles. The number of allylic oxidation sites excluding steroid dienone is 2. The van der Waals surface area contributed by atoms with Crippen LogP contribution in [0, 0.1) is 17.8 Å². The van der Waals surface area contributed by atoms with Gasteiger partial charge in [0.05, 0.1) is 19.1 Å². The van der Waals surface area contributed by atoms with E-state index >= 15 is 0 Å². The largest absolute Gasteiger partial charge is 1.00 e. The molecular formula is C28H31NaO5S. The van der Waals surface area contributed by atoms with Crippen LogP contribution in [0.5, 0.6) is 5.75 Å². The van der Waals surface area contributed by atoms with Crippen LogP contribution in [0.25, 0.3) is 5.57 Å². The zero-order valence-corrected chi connectivity index (χ0v) is 23.4. The van der Waals surface area contributed by atoms with Crippen molar-refractivity contribution in [3.8, 4) is 17.6 Å². The fourth-order valence-electron chi connectivity index (χ4n) is 4.43. The second kappa shape index (κ2) is 14.7. The van der Waals surface area contributed by atoms with Gasteiger partial charge >= 0.3 is 29.6 Å². The first-order chi connectivity index (χ1) is 16.1. The molecule has 0 amide bonds. The van der Waals surface area contributed by atoms with Gasteiger partial charge in [0.15, 0.2) is 6.29 Å². The van der Waals surface area contributed by atoms with Crippen molar-refractivity contribution in [1.29, 1.82) is 0 Å². The van der Waals surface area contributed by atoms with E-state index in [1.54, 1.807) is 6.92 Å². The number of rotatable bonds is 8. The van der Waals surface area contributed by atoms with Crippen molar-refractivity contribution < 1.29 is 53.7 Å². The van der Waals surface area contributed by atoms with Gasteiger partial charge in [-0.3, -0.25) is 0 Å². The van der Waals surface area contributed by atoms with Crippen LogP contribution in [-0.4, -0.2) is 25.5 Å². The third-order valence-electron chi connectivity index (χ3n) is 6.16. The molecule has 2 aromatic rings. The van der Waals surface area contributed by atoms with Crippen molar-refractivity contribution >= 4 is 25.0 Å². The molecule has 1 fully saturated rings. The van der Waals surface area contributed by atoms with E-state index in [0.29, 0.717) is 25.7 Å². The van der Waals surface area contributed by atoms with Crippen LogP contribution in [0.4, 0.5) is 0 Å². The van der Waals surface area contributed by atoms with Gasteiger partial charge in [-0.15, -0.1) is 5.92 Å². The Balaban J connectivity index is 0.00000216.